The van der Waals surface area contributed by atoms with Gasteiger partial charge in [-0.3, -0.25) is 4.57 Å². The van der Waals surface area contributed by atoms with E-state index in [-0.39, 0.29) is 18.2 Å². The van der Waals surface area contributed by atoms with Gasteiger partial charge in [-0.15, -0.1) is 0 Å². The van der Waals surface area contributed by atoms with Gasteiger partial charge in [0.2, 0.25) is 5.82 Å². The van der Waals surface area contributed by atoms with Crippen LogP contribution in [0.15, 0.2) is 68.5 Å². The zero-order chi connectivity index (χ0) is 20.4. The number of esters is 1. The second-order valence-electron chi connectivity index (χ2n) is 6.22. The Morgan fingerprint density at radius 3 is 2.72 bits per heavy atom. The summed E-state index contributed by atoms with van der Waals surface area (Å²) >= 11 is 3.39. The van der Waals surface area contributed by atoms with Crippen LogP contribution < -0.4 is 5.69 Å². The second-order valence-corrected chi connectivity index (χ2v) is 7.13. The van der Waals surface area contributed by atoms with Crippen molar-refractivity contribution in [1.29, 1.82) is 0 Å². The number of hydrogen-bond acceptors (Lipinski definition) is 6. The lowest BCUT2D eigenvalue weighted by molar-refractivity contribution is 0.0430. The lowest BCUT2D eigenvalue weighted by atomic mass is 10.2. The van der Waals surface area contributed by atoms with Gasteiger partial charge in [0.1, 0.15) is 0 Å². The molecule has 29 heavy (non-hydrogen) atoms. The summed E-state index contributed by atoms with van der Waals surface area (Å²) in [4.78, 5) is 31.0. The van der Waals surface area contributed by atoms with Crippen LogP contribution in [-0.4, -0.2) is 25.7 Å². The lowest BCUT2D eigenvalue weighted by Crippen LogP contribution is -2.16. The minimum atomic E-state index is -0.531. The van der Waals surface area contributed by atoms with Crippen LogP contribution in [0.1, 0.15) is 21.9 Å². The number of ether oxygens (including phenoxy) is 1. The van der Waals surface area contributed by atoms with Crippen molar-refractivity contribution in [2.24, 2.45) is 0 Å². The van der Waals surface area contributed by atoms with Gasteiger partial charge in [-0.25, -0.2) is 9.59 Å². The largest absolute Gasteiger partial charge is 0.452 e. The molecule has 0 unspecified atom stereocenters. The fourth-order valence-corrected chi connectivity index (χ4v) is 3.19. The summed E-state index contributed by atoms with van der Waals surface area (Å²) in [6.07, 6.45) is 1.62. The van der Waals surface area contributed by atoms with Gasteiger partial charge in [0.25, 0.3) is 5.89 Å². The molecule has 0 fully saturated rings. The fraction of sp³-hybridized carbons (Fsp3) is 0.100. The highest BCUT2D eigenvalue weighted by Gasteiger charge is 2.13. The van der Waals surface area contributed by atoms with Crippen LogP contribution in [0, 0.1) is 6.92 Å². The van der Waals surface area contributed by atoms with Gasteiger partial charge in [-0.1, -0.05) is 33.2 Å². The third-order valence-electron chi connectivity index (χ3n) is 4.20. The Morgan fingerprint density at radius 2 is 2.03 bits per heavy atom. The molecule has 2 aromatic carbocycles. The number of nitrogens with zero attached hydrogens (tertiary/aromatic N) is 3. The van der Waals surface area contributed by atoms with E-state index in [9.17, 15) is 9.59 Å². The Morgan fingerprint density at radius 1 is 1.24 bits per heavy atom. The van der Waals surface area contributed by atoms with Crippen molar-refractivity contribution in [2.45, 2.75) is 13.5 Å². The second kappa shape index (κ2) is 7.88. The quantitative estimate of drug-likeness (QED) is 0.461. The van der Waals surface area contributed by atoms with Gasteiger partial charge in [0, 0.05) is 21.9 Å². The van der Waals surface area contributed by atoms with Crippen molar-refractivity contribution >= 4 is 21.9 Å². The fourth-order valence-electron chi connectivity index (χ4n) is 2.79. The molecule has 2 heterocycles. The molecule has 9 heteroatoms. The Hall–Kier alpha value is -3.46. The van der Waals surface area contributed by atoms with E-state index in [2.05, 4.69) is 31.1 Å². The van der Waals surface area contributed by atoms with Crippen molar-refractivity contribution in [3.05, 3.63) is 86.8 Å². The zero-order valence-corrected chi connectivity index (χ0v) is 16.8. The minimum absolute atomic E-state index is 0.141. The van der Waals surface area contributed by atoms with E-state index in [1.807, 2.05) is 31.2 Å². The van der Waals surface area contributed by atoms with Gasteiger partial charge in [-0.05, 0) is 43.3 Å². The zero-order valence-electron chi connectivity index (χ0n) is 15.3. The number of benzene rings is 2. The van der Waals surface area contributed by atoms with E-state index in [0.717, 1.165) is 15.7 Å². The predicted octanol–water partition coefficient (Wildman–Crippen LogP) is 3.64. The van der Waals surface area contributed by atoms with E-state index in [1.54, 1.807) is 30.5 Å². The summed E-state index contributed by atoms with van der Waals surface area (Å²) in [5.41, 5.74) is 2.31. The number of hydrogen-bond donors (Lipinski definition) is 1. The summed E-state index contributed by atoms with van der Waals surface area (Å²) in [6, 6.07) is 14.0. The molecule has 0 aliphatic heterocycles. The van der Waals surface area contributed by atoms with Crippen LogP contribution in [0.25, 0.3) is 17.1 Å². The Kier molecular flexibility index (Phi) is 5.13. The number of nitrogens with one attached hydrogen (secondary N) is 1. The molecular weight excluding hydrogens is 440 g/mol. The maximum absolute atomic E-state index is 12.3. The standard InChI is InChI=1S/C20H15BrN4O4/c1-12-10-22-20(27)25(12)16-7-5-13(6-8-16)19(26)28-11-17-23-18(24-29-17)14-3-2-4-15(21)9-14/h2-10H,11H2,1H3,(H,22,27). The molecule has 0 radical (unpaired) electrons. The molecule has 0 aliphatic carbocycles. The summed E-state index contributed by atoms with van der Waals surface area (Å²) < 4.78 is 12.8. The third kappa shape index (κ3) is 4.04. The molecule has 0 saturated heterocycles. The minimum Gasteiger partial charge on any atom is -0.452 e. The van der Waals surface area contributed by atoms with Crippen LogP contribution in [0.2, 0.25) is 0 Å². The van der Waals surface area contributed by atoms with E-state index < -0.39 is 5.97 Å². The first-order chi connectivity index (χ1) is 14.0. The third-order valence-corrected chi connectivity index (χ3v) is 4.69. The molecule has 4 rings (SSSR count). The van der Waals surface area contributed by atoms with Gasteiger partial charge in [0.05, 0.1) is 11.3 Å². The molecule has 0 aliphatic rings. The summed E-state index contributed by atoms with van der Waals surface area (Å²) in [5.74, 6) is 0.0744. The van der Waals surface area contributed by atoms with Gasteiger partial charge in [0.15, 0.2) is 6.61 Å². The number of imidazole rings is 1. The molecule has 0 bridgehead atoms. The SMILES string of the molecule is Cc1c[nH]c(=O)n1-c1ccc(C(=O)OCc2nc(-c3cccc(Br)c3)no2)cc1. The maximum atomic E-state index is 12.3. The highest BCUT2D eigenvalue weighted by Crippen LogP contribution is 2.20. The molecule has 146 valence electrons. The number of rotatable bonds is 5. The average molecular weight is 455 g/mol. The van der Waals surface area contributed by atoms with Crippen molar-refractivity contribution in [3.63, 3.8) is 0 Å². The number of aromatic nitrogens is 4. The number of aryl methyl sites for hydroxylation is 1. The molecule has 0 spiro atoms. The summed E-state index contributed by atoms with van der Waals surface area (Å²) in [5, 5.41) is 3.90. The van der Waals surface area contributed by atoms with E-state index in [4.69, 9.17) is 9.26 Å². The van der Waals surface area contributed by atoms with Crippen molar-refractivity contribution in [3.8, 4) is 17.1 Å². The first-order valence-corrected chi connectivity index (χ1v) is 9.44. The van der Waals surface area contributed by atoms with E-state index in [0.29, 0.717) is 17.1 Å². The Labute approximate surface area is 173 Å². The molecular formula is C20H15BrN4O4. The lowest BCUT2D eigenvalue weighted by Gasteiger charge is -2.06. The van der Waals surface area contributed by atoms with Crippen molar-refractivity contribution in [2.75, 3.05) is 0 Å². The Balaban J connectivity index is 1.42. The molecule has 2 aromatic heterocycles. The highest BCUT2D eigenvalue weighted by atomic mass is 79.9. The van der Waals surface area contributed by atoms with Gasteiger partial charge >= 0.3 is 11.7 Å². The maximum Gasteiger partial charge on any atom is 0.338 e. The molecule has 1 N–H and O–H groups in total. The Bertz CT molecular complexity index is 1220. The first-order valence-electron chi connectivity index (χ1n) is 8.64. The molecule has 0 atom stereocenters. The monoisotopic (exact) mass is 454 g/mol. The molecule has 4 aromatic rings. The first kappa shape index (κ1) is 18.9. The van der Waals surface area contributed by atoms with Crippen molar-refractivity contribution < 1.29 is 14.1 Å². The predicted molar refractivity (Wildman–Crippen MR) is 108 cm³/mol. The number of carbonyl (C=O) groups is 1. The molecule has 0 amide bonds. The van der Waals surface area contributed by atoms with E-state index in [1.165, 1.54) is 4.57 Å². The van der Waals surface area contributed by atoms with Crippen LogP contribution in [-0.2, 0) is 11.3 Å². The van der Waals surface area contributed by atoms with Gasteiger partial charge in [-0.2, -0.15) is 4.98 Å². The normalized spacial score (nSPS) is 10.8. The smallest absolute Gasteiger partial charge is 0.338 e. The number of carbonyl (C=O) groups excluding carboxylic acids is 1. The van der Waals surface area contributed by atoms with E-state index >= 15 is 0 Å². The van der Waals surface area contributed by atoms with Crippen LogP contribution >= 0.6 is 15.9 Å². The van der Waals surface area contributed by atoms with Crippen molar-refractivity contribution in [1.82, 2.24) is 19.7 Å². The number of H-pyrrole nitrogens is 1. The molecule has 8 nitrogen and oxygen atoms in total. The summed E-state index contributed by atoms with van der Waals surface area (Å²) in [7, 11) is 0. The number of aromatic amines is 1. The van der Waals surface area contributed by atoms with Gasteiger partial charge < -0.3 is 14.2 Å². The van der Waals surface area contributed by atoms with Crippen LogP contribution in [0.4, 0.5) is 0 Å². The average Bonchev–Trinajstić information content (AvgIpc) is 3.33. The summed E-state index contributed by atoms with van der Waals surface area (Å²) in [6.45, 7) is 1.67. The molecule has 0 saturated carbocycles. The highest BCUT2D eigenvalue weighted by molar-refractivity contribution is 9.10. The van der Waals surface area contributed by atoms with Crippen LogP contribution in [0.5, 0.6) is 0 Å². The van der Waals surface area contributed by atoms with Crippen LogP contribution in [0.3, 0.4) is 0 Å². The number of halogens is 1. The topological polar surface area (TPSA) is 103 Å².